The van der Waals surface area contributed by atoms with Crippen LogP contribution in [0.2, 0.25) is 10.0 Å². The van der Waals surface area contributed by atoms with Crippen LogP contribution in [-0.4, -0.2) is 39.0 Å². The predicted molar refractivity (Wildman–Crippen MR) is 158 cm³/mol. The molecule has 0 spiro atoms. The molecule has 4 aromatic rings. The van der Waals surface area contributed by atoms with Crippen molar-refractivity contribution in [2.24, 2.45) is 0 Å². The Bertz CT molecular complexity index is 1670. The largest absolute Gasteiger partial charge is 0.416 e. The van der Waals surface area contributed by atoms with Gasteiger partial charge in [0, 0.05) is 40.4 Å². The van der Waals surface area contributed by atoms with Crippen molar-refractivity contribution < 1.29 is 22.8 Å². The molecule has 3 amide bonds. The third-order valence-electron chi connectivity index (χ3n) is 5.68. The second-order valence-electron chi connectivity index (χ2n) is 10.2. The van der Waals surface area contributed by atoms with Crippen LogP contribution in [0.3, 0.4) is 0 Å². The third-order valence-corrected chi connectivity index (χ3v) is 6.39. The number of carbonyl (C=O) groups excluding carboxylic acids is 2. The molecule has 0 aliphatic carbocycles. The summed E-state index contributed by atoms with van der Waals surface area (Å²) in [6, 6.07) is 7.95. The van der Waals surface area contributed by atoms with Gasteiger partial charge in [-0.15, -0.1) is 0 Å². The van der Waals surface area contributed by atoms with E-state index < -0.39 is 29.2 Å². The molecular formula is C28H26Cl2F3N7O2. The molecule has 0 saturated heterocycles. The number of rotatable bonds is 6. The first-order valence-corrected chi connectivity index (χ1v) is 13.4. The minimum atomic E-state index is -4.62. The highest BCUT2D eigenvalue weighted by molar-refractivity contribution is 6.41. The van der Waals surface area contributed by atoms with Crippen molar-refractivity contribution >= 4 is 63.6 Å². The van der Waals surface area contributed by atoms with Crippen LogP contribution in [0.1, 0.15) is 43.6 Å². The number of hydrogen-bond donors (Lipinski definition) is 4. The zero-order valence-electron chi connectivity index (χ0n) is 22.9. The lowest BCUT2D eigenvalue weighted by Gasteiger charge is -2.22. The molecule has 0 bridgehead atoms. The highest BCUT2D eigenvalue weighted by Gasteiger charge is 2.31. The summed E-state index contributed by atoms with van der Waals surface area (Å²) in [5.41, 5.74) is -0.916. The van der Waals surface area contributed by atoms with Gasteiger partial charge >= 0.3 is 12.2 Å². The molecule has 2 aromatic heterocycles. The maximum Gasteiger partial charge on any atom is 0.416 e. The van der Waals surface area contributed by atoms with Gasteiger partial charge in [-0.25, -0.2) is 14.8 Å². The number of benzene rings is 2. The predicted octanol–water partition coefficient (Wildman–Crippen LogP) is 7.62. The molecule has 2 aromatic carbocycles. The van der Waals surface area contributed by atoms with Crippen molar-refractivity contribution in [3.05, 3.63) is 69.8 Å². The Labute approximate surface area is 249 Å². The number of urea groups is 1. The zero-order valence-corrected chi connectivity index (χ0v) is 24.4. The highest BCUT2D eigenvalue weighted by atomic mass is 35.5. The molecule has 0 radical (unpaired) electrons. The van der Waals surface area contributed by atoms with E-state index in [9.17, 15) is 22.8 Å². The maximum atomic E-state index is 13.2. The van der Waals surface area contributed by atoms with Crippen LogP contribution in [0.15, 0.2) is 48.7 Å². The van der Waals surface area contributed by atoms with E-state index >= 15 is 0 Å². The second kappa shape index (κ2) is 12.0. The number of amides is 3. The summed E-state index contributed by atoms with van der Waals surface area (Å²) in [6.07, 6.45) is -3.08. The van der Waals surface area contributed by atoms with Gasteiger partial charge in [0.05, 0.1) is 21.3 Å². The summed E-state index contributed by atoms with van der Waals surface area (Å²) in [7, 11) is 0. The van der Waals surface area contributed by atoms with Crippen LogP contribution < -0.4 is 21.3 Å². The third kappa shape index (κ3) is 7.18. The molecule has 42 heavy (non-hydrogen) atoms. The van der Waals surface area contributed by atoms with Crippen molar-refractivity contribution in [1.82, 2.24) is 20.3 Å². The topological polar surface area (TPSA) is 121 Å². The minimum absolute atomic E-state index is 0.0338. The van der Waals surface area contributed by atoms with Gasteiger partial charge in [0.2, 0.25) is 5.95 Å². The lowest BCUT2D eigenvalue weighted by molar-refractivity contribution is -0.137. The lowest BCUT2D eigenvalue weighted by Crippen LogP contribution is -2.43. The Kier molecular flexibility index (Phi) is 8.79. The Morgan fingerprint density at radius 2 is 1.71 bits per heavy atom. The molecule has 4 rings (SSSR count). The summed E-state index contributed by atoms with van der Waals surface area (Å²) in [5, 5.41) is 11.7. The summed E-state index contributed by atoms with van der Waals surface area (Å²) in [4.78, 5) is 39.0. The van der Waals surface area contributed by atoms with E-state index in [0.29, 0.717) is 17.9 Å². The quantitative estimate of drug-likeness (QED) is 0.176. The fourth-order valence-corrected chi connectivity index (χ4v) is 4.52. The monoisotopic (exact) mass is 619 g/mol. The van der Waals surface area contributed by atoms with Crippen molar-refractivity contribution in [3.63, 3.8) is 0 Å². The van der Waals surface area contributed by atoms with E-state index in [0.717, 1.165) is 18.2 Å². The van der Waals surface area contributed by atoms with E-state index in [-0.39, 0.29) is 43.9 Å². The average molecular weight is 620 g/mol. The first-order valence-electron chi connectivity index (χ1n) is 12.6. The Balaban J connectivity index is 1.80. The molecule has 0 unspecified atom stereocenters. The number of nitrogens with one attached hydrogen (secondary N) is 4. The lowest BCUT2D eigenvalue weighted by atomic mass is 10.0. The SMILES string of the molecule is CCNc1ncc2cc(-c3c(Cl)ccc(NC(=O)c4cccc(C(F)(F)F)c4)c3Cl)c(NC(=O)NC(C)(C)C)nc2n1. The number of hydrogen-bond acceptors (Lipinski definition) is 6. The Hall–Kier alpha value is -4.16. The normalized spacial score (nSPS) is 11.7. The van der Waals surface area contributed by atoms with Crippen LogP contribution in [-0.2, 0) is 6.18 Å². The maximum absolute atomic E-state index is 13.2. The molecule has 220 valence electrons. The van der Waals surface area contributed by atoms with Crippen molar-refractivity contribution in [2.45, 2.75) is 39.4 Å². The van der Waals surface area contributed by atoms with Crippen molar-refractivity contribution in [3.8, 4) is 11.1 Å². The zero-order chi connectivity index (χ0) is 30.8. The molecule has 0 aliphatic rings. The van der Waals surface area contributed by atoms with Crippen LogP contribution >= 0.6 is 23.2 Å². The summed E-state index contributed by atoms with van der Waals surface area (Å²) >= 11 is 13.3. The molecule has 0 saturated carbocycles. The number of carbonyl (C=O) groups is 2. The first kappa shape index (κ1) is 30.8. The molecular weight excluding hydrogens is 594 g/mol. The molecule has 14 heteroatoms. The van der Waals surface area contributed by atoms with Crippen LogP contribution in [0.5, 0.6) is 0 Å². The smallest absolute Gasteiger partial charge is 0.354 e. The summed E-state index contributed by atoms with van der Waals surface area (Å²) in [6.45, 7) is 7.88. The molecule has 2 heterocycles. The molecule has 0 aliphatic heterocycles. The van der Waals surface area contributed by atoms with Crippen molar-refractivity contribution in [1.29, 1.82) is 0 Å². The van der Waals surface area contributed by atoms with E-state index in [4.69, 9.17) is 23.2 Å². The fourth-order valence-electron chi connectivity index (χ4n) is 3.90. The fraction of sp³-hybridized carbons (Fsp3) is 0.250. The number of anilines is 3. The van der Waals surface area contributed by atoms with Gasteiger partial charge in [-0.05, 0) is 64.1 Å². The van der Waals surface area contributed by atoms with Gasteiger partial charge in [0.15, 0.2) is 5.65 Å². The van der Waals surface area contributed by atoms with E-state index in [2.05, 4.69) is 36.2 Å². The van der Waals surface area contributed by atoms with Gasteiger partial charge in [-0.3, -0.25) is 10.1 Å². The number of fused-ring (bicyclic) bond motifs is 1. The van der Waals surface area contributed by atoms with Crippen LogP contribution in [0, 0.1) is 0 Å². The number of alkyl halides is 3. The highest BCUT2D eigenvalue weighted by Crippen LogP contribution is 2.43. The number of nitrogens with zero attached hydrogens (tertiary/aromatic N) is 3. The van der Waals surface area contributed by atoms with E-state index in [1.54, 1.807) is 6.07 Å². The van der Waals surface area contributed by atoms with Crippen molar-refractivity contribution in [2.75, 3.05) is 22.5 Å². The van der Waals surface area contributed by atoms with Gasteiger partial charge in [0.1, 0.15) is 5.82 Å². The average Bonchev–Trinajstić information content (AvgIpc) is 2.89. The van der Waals surface area contributed by atoms with Gasteiger partial charge in [-0.2, -0.15) is 18.2 Å². The van der Waals surface area contributed by atoms with E-state index in [1.807, 2.05) is 27.7 Å². The van der Waals surface area contributed by atoms with Crippen LogP contribution in [0.4, 0.5) is 35.4 Å². The van der Waals surface area contributed by atoms with E-state index in [1.165, 1.54) is 24.4 Å². The molecule has 4 N–H and O–H groups in total. The molecule has 0 fully saturated rings. The standard InChI is InChI=1S/C28H26Cl2F3N7O2/c1-5-34-25-35-13-15-12-17(23(37-22(15)38-25)39-26(42)40-27(2,3)4)20-18(29)9-10-19(21(20)30)36-24(41)14-7-6-8-16(11-14)28(31,32)33/h6-13H,5H2,1-4H3,(H,36,41)(H3,34,35,37,38,39,40,42). The van der Waals surface area contributed by atoms with Crippen LogP contribution in [0.25, 0.3) is 22.2 Å². The Morgan fingerprint density at radius 3 is 2.38 bits per heavy atom. The molecule has 9 nitrogen and oxygen atoms in total. The summed E-state index contributed by atoms with van der Waals surface area (Å²) in [5.74, 6) is -0.415. The van der Waals surface area contributed by atoms with Gasteiger partial charge in [-0.1, -0.05) is 29.3 Å². The first-order chi connectivity index (χ1) is 19.7. The molecule has 0 atom stereocenters. The van der Waals surface area contributed by atoms with Gasteiger partial charge < -0.3 is 16.0 Å². The number of aromatic nitrogens is 3. The van der Waals surface area contributed by atoms with Gasteiger partial charge in [0.25, 0.3) is 5.91 Å². The minimum Gasteiger partial charge on any atom is -0.354 e. The number of pyridine rings is 1. The summed E-state index contributed by atoms with van der Waals surface area (Å²) < 4.78 is 39.5. The number of halogens is 5. The Morgan fingerprint density at radius 1 is 0.976 bits per heavy atom. The second-order valence-corrected chi connectivity index (χ2v) is 11.0.